The van der Waals surface area contributed by atoms with E-state index in [2.05, 4.69) is 23.1 Å². The number of nitrogens with zero attached hydrogens (tertiary/aromatic N) is 3. The summed E-state index contributed by atoms with van der Waals surface area (Å²) in [5, 5.41) is 4.24. The van der Waals surface area contributed by atoms with Crippen LogP contribution in [0.25, 0.3) is 0 Å². The van der Waals surface area contributed by atoms with Crippen LogP contribution in [0, 0.1) is 13.8 Å². The van der Waals surface area contributed by atoms with Crippen LogP contribution in [0.15, 0.2) is 24.5 Å². The van der Waals surface area contributed by atoms with Crippen molar-refractivity contribution in [1.29, 1.82) is 0 Å². The Labute approximate surface area is 101 Å². The van der Waals surface area contributed by atoms with Gasteiger partial charge < -0.3 is 5.73 Å². The van der Waals surface area contributed by atoms with Gasteiger partial charge in [-0.2, -0.15) is 5.10 Å². The van der Waals surface area contributed by atoms with Crippen molar-refractivity contribution in [3.8, 4) is 0 Å². The molecule has 0 fully saturated rings. The predicted molar refractivity (Wildman–Crippen MR) is 67.6 cm³/mol. The topological polar surface area (TPSA) is 56.7 Å². The van der Waals surface area contributed by atoms with E-state index in [-0.39, 0.29) is 6.04 Å². The van der Waals surface area contributed by atoms with Crippen LogP contribution in [0.4, 0.5) is 0 Å². The van der Waals surface area contributed by atoms with Crippen LogP contribution < -0.4 is 5.73 Å². The van der Waals surface area contributed by atoms with Gasteiger partial charge in [0.25, 0.3) is 0 Å². The molecule has 2 N–H and O–H groups in total. The van der Waals surface area contributed by atoms with E-state index < -0.39 is 0 Å². The zero-order chi connectivity index (χ0) is 12.4. The Morgan fingerprint density at radius 3 is 2.82 bits per heavy atom. The van der Waals surface area contributed by atoms with Crippen LogP contribution in [0.3, 0.4) is 0 Å². The van der Waals surface area contributed by atoms with Gasteiger partial charge in [-0.05, 0) is 38.0 Å². The Morgan fingerprint density at radius 1 is 1.41 bits per heavy atom. The lowest BCUT2D eigenvalue weighted by atomic mass is 10.0. The minimum absolute atomic E-state index is 0.210. The summed E-state index contributed by atoms with van der Waals surface area (Å²) in [5.41, 5.74) is 10.5. The van der Waals surface area contributed by atoms with Crippen molar-refractivity contribution in [2.24, 2.45) is 5.73 Å². The zero-order valence-electron chi connectivity index (χ0n) is 10.5. The van der Waals surface area contributed by atoms with E-state index in [0.29, 0.717) is 0 Å². The summed E-state index contributed by atoms with van der Waals surface area (Å²) in [7, 11) is 0. The van der Waals surface area contributed by atoms with Gasteiger partial charge in [-0.1, -0.05) is 6.07 Å². The molecule has 0 spiro atoms. The lowest BCUT2D eigenvalue weighted by molar-refractivity contribution is 0.595. The molecular weight excluding hydrogens is 212 g/mol. The van der Waals surface area contributed by atoms with Crippen molar-refractivity contribution >= 4 is 0 Å². The molecule has 4 nitrogen and oxygen atoms in total. The summed E-state index contributed by atoms with van der Waals surface area (Å²) in [4.78, 5) is 4.44. The number of hydrogen-bond acceptors (Lipinski definition) is 3. The fourth-order valence-corrected chi connectivity index (χ4v) is 2.06. The largest absolute Gasteiger partial charge is 0.318 e. The normalized spacial score (nSPS) is 12.7. The van der Waals surface area contributed by atoms with Gasteiger partial charge in [-0.3, -0.25) is 9.67 Å². The molecule has 0 bridgehead atoms. The Bertz CT molecular complexity index is 516. The number of hydrogen-bond donors (Lipinski definition) is 1. The molecule has 0 saturated heterocycles. The van der Waals surface area contributed by atoms with E-state index in [1.54, 1.807) is 6.20 Å². The fraction of sp³-hybridized carbons (Fsp3) is 0.385. The minimum atomic E-state index is -0.210. The first-order valence-corrected chi connectivity index (χ1v) is 5.84. The van der Waals surface area contributed by atoms with Crippen LogP contribution in [0.5, 0.6) is 0 Å². The number of nitrogens with two attached hydrogens (primary N) is 1. The monoisotopic (exact) mass is 230 g/mol. The first kappa shape index (κ1) is 11.8. The highest BCUT2D eigenvalue weighted by molar-refractivity contribution is 5.30. The molecule has 2 aromatic heterocycles. The minimum Gasteiger partial charge on any atom is -0.318 e. The highest BCUT2D eigenvalue weighted by Gasteiger charge is 2.16. The van der Waals surface area contributed by atoms with E-state index in [0.717, 1.165) is 29.1 Å². The van der Waals surface area contributed by atoms with E-state index >= 15 is 0 Å². The molecule has 17 heavy (non-hydrogen) atoms. The molecule has 0 amide bonds. The van der Waals surface area contributed by atoms with Crippen LogP contribution >= 0.6 is 0 Å². The standard InChI is InChI=1S/C13H18N4/c1-4-17-11(5-6-16-17)12(14)13-10(3)7-9(2)8-15-13/h5-8,12H,4,14H2,1-3H3. The first-order valence-electron chi connectivity index (χ1n) is 5.84. The van der Waals surface area contributed by atoms with Gasteiger partial charge in [0.05, 0.1) is 17.4 Å². The van der Waals surface area contributed by atoms with Gasteiger partial charge >= 0.3 is 0 Å². The average Bonchev–Trinajstić information content (AvgIpc) is 2.76. The maximum absolute atomic E-state index is 6.26. The molecule has 0 aliphatic heterocycles. The molecule has 2 heterocycles. The van der Waals surface area contributed by atoms with Crippen molar-refractivity contribution in [1.82, 2.24) is 14.8 Å². The third-order valence-electron chi connectivity index (χ3n) is 2.92. The Hall–Kier alpha value is -1.68. The molecule has 4 heteroatoms. The average molecular weight is 230 g/mol. The summed E-state index contributed by atoms with van der Waals surface area (Å²) in [5.74, 6) is 0. The predicted octanol–water partition coefficient (Wildman–Crippen LogP) is 1.96. The van der Waals surface area contributed by atoms with Crippen molar-refractivity contribution < 1.29 is 0 Å². The van der Waals surface area contributed by atoms with Gasteiger partial charge in [0.15, 0.2) is 0 Å². The molecule has 90 valence electrons. The Kier molecular flexibility index (Phi) is 3.24. The molecule has 0 saturated carbocycles. The van der Waals surface area contributed by atoms with E-state index in [1.165, 1.54) is 0 Å². The molecule has 2 rings (SSSR count). The van der Waals surface area contributed by atoms with E-state index in [4.69, 9.17) is 5.73 Å². The van der Waals surface area contributed by atoms with Gasteiger partial charge in [0.2, 0.25) is 0 Å². The Morgan fingerprint density at radius 2 is 2.18 bits per heavy atom. The third kappa shape index (κ3) is 2.22. The summed E-state index contributed by atoms with van der Waals surface area (Å²) in [6.45, 7) is 6.95. The molecule has 0 aromatic carbocycles. The SMILES string of the molecule is CCn1nccc1C(N)c1ncc(C)cc1C. The zero-order valence-corrected chi connectivity index (χ0v) is 10.5. The smallest absolute Gasteiger partial charge is 0.0899 e. The van der Waals surface area contributed by atoms with Crippen molar-refractivity contribution in [3.05, 3.63) is 47.0 Å². The van der Waals surface area contributed by atoms with Crippen molar-refractivity contribution in [2.45, 2.75) is 33.4 Å². The summed E-state index contributed by atoms with van der Waals surface area (Å²) in [6, 6.07) is 3.85. The van der Waals surface area contributed by atoms with Crippen molar-refractivity contribution in [2.75, 3.05) is 0 Å². The lowest BCUT2D eigenvalue weighted by Gasteiger charge is -2.15. The van der Waals surface area contributed by atoms with E-state index in [9.17, 15) is 0 Å². The number of aromatic nitrogens is 3. The summed E-state index contributed by atoms with van der Waals surface area (Å²) < 4.78 is 1.91. The van der Waals surface area contributed by atoms with E-state index in [1.807, 2.05) is 30.8 Å². The maximum Gasteiger partial charge on any atom is 0.0899 e. The molecule has 0 aliphatic carbocycles. The Balaban J connectivity index is 2.40. The highest BCUT2D eigenvalue weighted by atomic mass is 15.3. The lowest BCUT2D eigenvalue weighted by Crippen LogP contribution is -2.19. The van der Waals surface area contributed by atoms with Crippen LogP contribution in [-0.2, 0) is 6.54 Å². The molecule has 1 atom stereocenters. The number of pyridine rings is 1. The number of aryl methyl sites for hydroxylation is 3. The van der Waals surface area contributed by atoms with Crippen molar-refractivity contribution in [3.63, 3.8) is 0 Å². The molecule has 2 aromatic rings. The first-order chi connectivity index (χ1) is 8.13. The van der Waals surface area contributed by atoms with Gasteiger partial charge in [0.1, 0.15) is 0 Å². The second-order valence-electron chi connectivity index (χ2n) is 4.26. The molecule has 0 aliphatic rings. The van der Waals surface area contributed by atoms with Crippen LogP contribution in [-0.4, -0.2) is 14.8 Å². The van der Waals surface area contributed by atoms with Gasteiger partial charge in [0, 0.05) is 18.9 Å². The second kappa shape index (κ2) is 4.67. The quantitative estimate of drug-likeness (QED) is 0.877. The van der Waals surface area contributed by atoms with Gasteiger partial charge in [-0.15, -0.1) is 0 Å². The molecular formula is C13H18N4. The number of rotatable bonds is 3. The highest BCUT2D eigenvalue weighted by Crippen LogP contribution is 2.20. The van der Waals surface area contributed by atoms with Gasteiger partial charge in [-0.25, -0.2) is 0 Å². The second-order valence-corrected chi connectivity index (χ2v) is 4.26. The molecule has 0 radical (unpaired) electrons. The fourth-order valence-electron chi connectivity index (χ4n) is 2.06. The third-order valence-corrected chi connectivity index (χ3v) is 2.92. The van der Waals surface area contributed by atoms with Crippen LogP contribution in [0.1, 0.15) is 35.5 Å². The molecule has 1 unspecified atom stereocenters. The van der Waals surface area contributed by atoms with Crippen LogP contribution in [0.2, 0.25) is 0 Å². The summed E-state index contributed by atoms with van der Waals surface area (Å²) >= 11 is 0. The maximum atomic E-state index is 6.26. The summed E-state index contributed by atoms with van der Waals surface area (Å²) in [6.07, 6.45) is 3.64.